The van der Waals surface area contributed by atoms with Crippen molar-refractivity contribution in [2.24, 2.45) is 5.92 Å². The fourth-order valence-corrected chi connectivity index (χ4v) is 4.98. The molecule has 0 aromatic heterocycles. The Hall–Kier alpha value is -1.62. The fraction of sp³-hybridized carbons (Fsp3) is 0.688. The summed E-state index contributed by atoms with van der Waals surface area (Å²) in [5.74, 6) is 0.408. The first-order chi connectivity index (χ1) is 19.3. The highest BCUT2D eigenvalue weighted by molar-refractivity contribution is 5.10. The van der Waals surface area contributed by atoms with E-state index in [0.717, 1.165) is 31.3 Å². The van der Waals surface area contributed by atoms with Gasteiger partial charge in [0.15, 0.2) is 0 Å². The van der Waals surface area contributed by atoms with E-state index in [-0.39, 0.29) is 44.6 Å². The minimum atomic E-state index is -0.756. The van der Waals surface area contributed by atoms with E-state index < -0.39 is 12.2 Å². The molecule has 40 heavy (non-hydrogen) atoms. The molecule has 2 aliphatic heterocycles. The van der Waals surface area contributed by atoms with E-state index in [9.17, 15) is 10.2 Å². The molecular weight excluding hydrogens is 512 g/mol. The lowest BCUT2D eigenvalue weighted by Gasteiger charge is -2.28. The summed E-state index contributed by atoms with van der Waals surface area (Å²) in [7, 11) is 3.16. The maximum atomic E-state index is 10.9. The van der Waals surface area contributed by atoms with Crippen LogP contribution in [0.4, 0.5) is 0 Å². The van der Waals surface area contributed by atoms with Crippen LogP contribution in [0.2, 0.25) is 0 Å². The maximum Gasteiger partial charge on any atom is 0.147 e. The van der Waals surface area contributed by atoms with E-state index in [1.807, 2.05) is 30.4 Å². The van der Waals surface area contributed by atoms with Crippen molar-refractivity contribution >= 4 is 0 Å². The number of hydrogen-bond acceptors (Lipinski definition) is 8. The van der Waals surface area contributed by atoms with Crippen LogP contribution in [0, 0.1) is 5.92 Å². The molecule has 0 fully saturated rings. The summed E-state index contributed by atoms with van der Waals surface area (Å²) < 4.78 is 33.7. The second-order valence-electron chi connectivity index (χ2n) is 10.9. The molecule has 0 aromatic carbocycles. The van der Waals surface area contributed by atoms with Gasteiger partial charge in [0.2, 0.25) is 0 Å². The smallest absolute Gasteiger partial charge is 0.147 e. The highest BCUT2D eigenvalue weighted by Crippen LogP contribution is 2.26. The van der Waals surface area contributed by atoms with E-state index >= 15 is 0 Å². The van der Waals surface area contributed by atoms with Crippen LogP contribution in [0.25, 0.3) is 0 Å². The number of rotatable bonds is 20. The van der Waals surface area contributed by atoms with E-state index in [1.165, 1.54) is 5.57 Å². The summed E-state index contributed by atoms with van der Waals surface area (Å²) in [6.45, 7) is 9.61. The largest absolute Gasteiger partial charge is 0.396 e. The third-order valence-corrected chi connectivity index (χ3v) is 6.99. The number of aliphatic hydroxyl groups excluding tert-OH is 2. The Labute approximate surface area is 241 Å². The normalized spacial score (nSPS) is 24.8. The predicted octanol–water partition coefficient (Wildman–Crippen LogP) is 5.02. The van der Waals surface area contributed by atoms with Crippen molar-refractivity contribution in [3.8, 4) is 0 Å². The molecule has 0 unspecified atom stereocenters. The van der Waals surface area contributed by atoms with Crippen molar-refractivity contribution in [1.82, 2.24) is 0 Å². The summed E-state index contributed by atoms with van der Waals surface area (Å²) >= 11 is 0. The van der Waals surface area contributed by atoms with Crippen molar-refractivity contribution in [2.45, 2.75) is 95.4 Å². The molecule has 0 spiro atoms. The highest BCUT2D eigenvalue weighted by atomic mass is 16.7. The third-order valence-electron chi connectivity index (χ3n) is 6.99. The Morgan fingerprint density at radius 1 is 1.18 bits per heavy atom. The standard InChI is InChI=1S/C32H52O8/c1-24-15-17-37-29(19-24)12-13-32(39-23-36-5)31(34)11-7-9-28(38-22-35-4)20-25(2)18-26(3)21-30-10-6-8-27(40-30)14-16-33/h6-9,12-13,15,26-34H,2,10-11,14,16-23H2,1,3-5H3/b9-7+,13-12+/t26-,27-,28+,29+,30-,31-,32-/m0/s1. The molecule has 0 radical (unpaired) electrons. The third kappa shape index (κ3) is 14.3. The Morgan fingerprint density at radius 3 is 2.67 bits per heavy atom. The number of aliphatic hydroxyl groups is 2. The van der Waals surface area contributed by atoms with E-state index in [1.54, 1.807) is 14.2 Å². The summed E-state index contributed by atoms with van der Waals surface area (Å²) in [5, 5.41) is 20.1. The van der Waals surface area contributed by atoms with Crippen molar-refractivity contribution in [1.29, 1.82) is 0 Å². The van der Waals surface area contributed by atoms with Gasteiger partial charge in [-0.1, -0.05) is 67.2 Å². The first kappa shape index (κ1) is 34.6. The SMILES string of the molecule is C=C(C[C@H](C)C[C@@H]1CC=C[C@@H](CCO)O1)C[C@@H](/C=C/C[C@H](O)[C@H](/C=C/[C@@H]1CC(C)=CCO1)OCOC)OCOC. The molecule has 8 heteroatoms. The van der Waals surface area contributed by atoms with Gasteiger partial charge in [-0.05, 0) is 51.4 Å². The molecule has 228 valence electrons. The van der Waals surface area contributed by atoms with Gasteiger partial charge in [0.25, 0.3) is 0 Å². The van der Waals surface area contributed by atoms with Gasteiger partial charge in [-0.2, -0.15) is 0 Å². The van der Waals surface area contributed by atoms with Crippen LogP contribution in [-0.2, 0) is 28.4 Å². The molecule has 2 N–H and O–H groups in total. The monoisotopic (exact) mass is 564 g/mol. The molecule has 7 atom stereocenters. The van der Waals surface area contributed by atoms with E-state index in [4.69, 9.17) is 28.4 Å². The molecular formula is C32H52O8. The summed E-state index contributed by atoms with van der Waals surface area (Å²) in [4.78, 5) is 0. The van der Waals surface area contributed by atoms with Gasteiger partial charge < -0.3 is 38.6 Å². The number of ether oxygens (including phenoxy) is 6. The summed E-state index contributed by atoms with van der Waals surface area (Å²) in [6.07, 6.45) is 17.9. The molecule has 0 bridgehead atoms. The molecule has 0 aromatic rings. The van der Waals surface area contributed by atoms with Crippen molar-refractivity contribution in [3.05, 3.63) is 60.3 Å². The lowest BCUT2D eigenvalue weighted by atomic mass is 9.91. The molecule has 2 rings (SSSR count). The molecule has 0 saturated carbocycles. The molecule has 2 heterocycles. The van der Waals surface area contributed by atoms with Crippen LogP contribution in [0.3, 0.4) is 0 Å². The molecule has 0 aliphatic carbocycles. The number of methoxy groups -OCH3 is 2. The Morgan fingerprint density at radius 2 is 1.95 bits per heavy atom. The Bertz CT molecular complexity index is 820. The average molecular weight is 565 g/mol. The van der Waals surface area contributed by atoms with Crippen LogP contribution in [0.1, 0.15) is 58.8 Å². The van der Waals surface area contributed by atoms with Crippen molar-refractivity contribution < 1.29 is 38.6 Å². The topological polar surface area (TPSA) is 95.8 Å². The lowest BCUT2D eigenvalue weighted by Crippen LogP contribution is -2.28. The molecule has 2 aliphatic rings. The van der Waals surface area contributed by atoms with Gasteiger partial charge in [0.05, 0.1) is 37.1 Å². The minimum absolute atomic E-state index is 0.00314. The van der Waals surface area contributed by atoms with E-state index in [0.29, 0.717) is 31.8 Å². The Kier molecular flexibility index (Phi) is 17.5. The van der Waals surface area contributed by atoms with Crippen molar-refractivity contribution in [3.63, 3.8) is 0 Å². The fourth-order valence-electron chi connectivity index (χ4n) is 4.98. The van der Waals surface area contributed by atoms with Crippen LogP contribution < -0.4 is 0 Å². The van der Waals surface area contributed by atoms with Gasteiger partial charge in [0, 0.05) is 27.2 Å². The highest BCUT2D eigenvalue weighted by Gasteiger charge is 2.22. The predicted molar refractivity (Wildman–Crippen MR) is 157 cm³/mol. The van der Waals surface area contributed by atoms with Crippen LogP contribution in [0.5, 0.6) is 0 Å². The first-order valence-corrected chi connectivity index (χ1v) is 14.5. The van der Waals surface area contributed by atoms with Gasteiger partial charge in [-0.15, -0.1) is 0 Å². The van der Waals surface area contributed by atoms with Gasteiger partial charge in [-0.25, -0.2) is 0 Å². The molecule has 0 saturated heterocycles. The zero-order valence-corrected chi connectivity index (χ0v) is 24.9. The molecule has 0 amide bonds. The molecule has 8 nitrogen and oxygen atoms in total. The van der Waals surface area contributed by atoms with E-state index in [2.05, 4.69) is 32.6 Å². The van der Waals surface area contributed by atoms with Gasteiger partial charge in [-0.3, -0.25) is 0 Å². The van der Waals surface area contributed by atoms with Crippen molar-refractivity contribution in [2.75, 3.05) is 41.0 Å². The maximum absolute atomic E-state index is 10.9. The summed E-state index contributed by atoms with van der Waals surface area (Å²) in [6, 6.07) is 0. The first-order valence-electron chi connectivity index (χ1n) is 14.5. The van der Waals surface area contributed by atoms with Gasteiger partial charge >= 0.3 is 0 Å². The lowest BCUT2D eigenvalue weighted by molar-refractivity contribution is -0.0926. The van der Waals surface area contributed by atoms with Crippen LogP contribution >= 0.6 is 0 Å². The Balaban J connectivity index is 1.86. The minimum Gasteiger partial charge on any atom is -0.396 e. The summed E-state index contributed by atoms with van der Waals surface area (Å²) in [5.41, 5.74) is 2.39. The zero-order valence-electron chi connectivity index (χ0n) is 24.9. The van der Waals surface area contributed by atoms with Gasteiger partial charge in [0.1, 0.15) is 19.7 Å². The second kappa shape index (κ2) is 20.3. The van der Waals surface area contributed by atoms with Crippen LogP contribution in [-0.4, -0.2) is 87.9 Å². The number of hydrogen-bond donors (Lipinski definition) is 2. The average Bonchev–Trinajstić information content (AvgIpc) is 2.92. The van der Waals surface area contributed by atoms with Crippen LogP contribution in [0.15, 0.2) is 60.3 Å². The second-order valence-corrected chi connectivity index (χ2v) is 10.9. The quantitative estimate of drug-likeness (QED) is 0.157. The zero-order chi connectivity index (χ0) is 29.2.